The lowest BCUT2D eigenvalue weighted by Crippen LogP contribution is -2.60. The summed E-state index contributed by atoms with van der Waals surface area (Å²) in [7, 11) is 0. The number of nitrogens with zero attached hydrogens (tertiary/aromatic N) is 2. The third-order valence-corrected chi connectivity index (χ3v) is 8.22. The van der Waals surface area contributed by atoms with Gasteiger partial charge in [0, 0.05) is 45.2 Å². The molecule has 238 valence electrons. The highest BCUT2D eigenvalue weighted by Gasteiger charge is 2.53. The number of ether oxygens (including phenoxy) is 5. The Hall–Kier alpha value is -4.86. The molecule has 11 nitrogen and oxygen atoms in total. The lowest BCUT2D eigenvalue weighted by Gasteiger charge is -2.45. The molecular formula is C34H32N2O9S. The first-order chi connectivity index (χ1) is 21.9. The molecule has 12 heteroatoms. The van der Waals surface area contributed by atoms with E-state index in [0.717, 1.165) is 41.7 Å². The summed E-state index contributed by atoms with van der Waals surface area (Å²) in [4.78, 5) is 49.1. The second-order valence-corrected chi connectivity index (χ2v) is 11.5. The first kappa shape index (κ1) is 32.5. The fourth-order valence-electron chi connectivity index (χ4n) is 6.10. The van der Waals surface area contributed by atoms with Crippen molar-refractivity contribution in [1.29, 1.82) is 5.26 Å². The van der Waals surface area contributed by atoms with Gasteiger partial charge in [-0.15, -0.1) is 0 Å². The van der Waals surface area contributed by atoms with Crippen LogP contribution in [0.2, 0.25) is 0 Å². The Bertz CT molecular complexity index is 1830. The van der Waals surface area contributed by atoms with E-state index in [9.17, 15) is 24.4 Å². The van der Waals surface area contributed by atoms with Crippen molar-refractivity contribution in [3.63, 3.8) is 0 Å². The number of hydrogen-bond donors (Lipinski definition) is 0. The maximum absolute atomic E-state index is 12.6. The Kier molecular flexibility index (Phi) is 9.37. The van der Waals surface area contributed by atoms with Gasteiger partial charge in [0.25, 0.3) is 0 Å². The van der Waals surface area contributed by atoms with Gasteiger partial charge in [-0.05, 0) is 23.6 Å². The van der Waals surface area contributed by atoms with Crippen molar-refractivity contribution < 1.29 is 42.9 Å². The zero-order valence-electron chi connectivity index (χ0n) is 25.9. The van der Waals surface area contributed by atoms with Crippen molar-refractivity contribution in [3.8, 4) is 28.5 Å². The molecule has 0 bridgehead atoms. The van der Waals surface area contributed by atoms with Crippen LogP contribution in [-0.4, -0.2) is 59.5 Å². The summed E-state index contributed by atoms with van der Waals surface area (Å²) in [6.07, 6.45) is -6.18. The smallest absolute Gasteiger partial charge is 0.303 e. The number of nitriles is 1. The number of aromatic nitrogens is 1. The molecule has 1 aliphatic carbocycles. The highest BCUT2D eigenvalue weighted by atomic mass is 32.1. The van der Waals surface area contributed by atoms with E-state index in [2.05, 4.69) is 6.07 Å². The SMILES string of the molecule is CC(=O)OC[C@H]1O[C@@H](n2c3c(c(-c4ccc(C)cc4)c(C#N)c2=S)Cc2ccccc2-3)[C@H](OC(C)=O)[C@H](OC(C)=O)[C@H]1OC(C)=O. The summed E-state index contributed by atoms with van der Waals surface area (Å²) in [6.45, 7) is 6.27. The quantitative estimate of drug-likeness (QED) is 0.154. The van der Waals surface area contributed by atoms with Crippen molar-refractivity contribution in [2.45, 2.75) is 71.7 Å². The summed E-state index contributed by atoms with van der Waals surface area (Å²) in [5, 5.41) is 10.6. The largest absolute Gasteiger partial charge is 0.463 e. The van der Waals surface area contributed by atoms with E-state index >= 15 is 0 Å². The van der Waals surface area contributed by atoms with Crippen LogP contribution in [0.4, 0.5) is 0 Å². The van der Waals surface area contributed by atoms with Crippen molar-refractivity contribution in [3.05, 3.63) is 75.4 Å². The Morgan fingerprint density at radius 2 is 1.50 bits per heavy atom. The molecule has 5 rings (SSSR count). The molecule has 5 atom stereocenters. The van der Waals surface area contributed by atoms with Crippen molar-refractivity contribution in [2.24, 2.45) is 0 Å². The molecular weight excluding hydrogens is 612 g/mol. The van der Waals surface area contributed by atoms with Crippen LogP contribution in [0.5, 0.6) is 0 Å². The summed E-state index contributed by atoms with van der Waals surface area (Å²) in [5.74, 6) is -2.86. The van der Waals surface area contributed by atoms with Crippen LogP contribution in [0, 0.1) is 22.9 Å². The second-order valence-electron chi connectivity index (χ2n) is 11.2. The highest BCUT2D eigenvalue weighted by Crippen LogP contribution is 2.47. The Labute approximate surface area is 270 Å². The van der Waals surface area contributed by atoms with Gasteiger partial charge in [0.05, 0.1) is 11.3 Å². The molecule has 0 spiro atoms. The second kappa shape index (κ2) is 13.2. The van der Waals surface area contributed by atoms with E-state index in [1.165, 1.54) is 13.8 Å². The van der Waals surface area contributed by atoms with Gasteiger partial charge < -0.3 is 28.3 Å². The molecule has 3 aromatic rings. The van der Waals surface area contributed by atoms with Crippen LogP contribution in [0.3, 0.4) is 0 Å². The number of hydrogen-bond acceptors (Lipinski definition) is 11. The van der Waals surface area contributed by atoms with E-state index < -0.39 is 61.1 Å². The standard InChI is InChI=1S/C34H32N2O9S/c1-17-10-12-22(13-11-17)28-25-14-23-8-6-7-9-24(23)29(25)36(34(46)26(28)15-35)33-32(44-21(5)40)31(43-20(4)39)30(42-19(3)38)27(45-33)16-41-18(2)37/h6-13,27,30-33H,14,16H2,1-5H3/t27-,30+,31-,32-,33-/m1/s1. The number of carbonyl (C=O) groups excluding carboxylic acids is 4. The zero-order valence-corrected chi connectivity index (χ0v) is 26.7. The molecule has 1 aliphatic heterocycles. The number of rotatable bonds is 7. The number of fused-ring (bicyclic) bond motifs is 3. The van der Waals surface area contributed by atoms with Gasteiger partial charge in [0.15, 0.2) is 24.5 Å². The molecule has 1 aromatic heterocycles. The van der Waals surface area contributed by atoms with E-state index in [1.54, 1.807) is 4.57 Å². The van der Waals surface area contributed by atoms with Crippen molar-refractivity contribution in [2.75, 3.05) is 6.61 Å². The highest BCUT2D eigenvalue weighted by molar-refractivity contribution is 7.71. The minimum atomic E-state index is -1.40. The van der Waals surface area contributed by atoms with Crippen molar-refractivity contribution >= 4 is 36.1 Å². The first-order valence-electron chi connectivity index (χ1n) is 14.6. The molecule has 1 saturated heterocycles. The monoisotopic (exact) mass is 644 g/mol. The molecule has 2 aromatic carbocycles. The number of aryl methyl sites for hydroxylation is 1. The average Bonchev–Trinajstić information content (AvgIpc) is 3.37. The van der Waals surface area contributed by atoms with Gasteiger partial charge in [0.1, 0.15) is 23.4 Å². The van der Waals surface area contributed by atoms with E-state index in [4.69, 9.17) is 35.9 Å². The van der Waals surface area contributed by atoms with Crippen LogP contribution in [0.15, 0.2) is 48.5 Å². The molecule has 0 unspecified atom stereocenters. The summed E-state index contributed by atoms with van der Waals surface area (Å²) in [6, 6.07) is 17.7. The fraction of sp³-hybridized carbons (Fsp3) is 0.353. The number of benzene rings is 2. The fourth-order valence-corrected chi connectivity index (χ4v) is 6.45. The molecule has 2 heterocycles. The number of pyridine rings is 1. The Morgan fingerprint density at radius 3 is 2.11 bits per heavy atom. The van der Waals surface area contributed by atoms with Gasteiger partial charge in [-0.1, -0.05) is 66.3 Å². The van der Waals surface area contributed by atoms with Crippen LogP contribution in [-0.2, 0) is 49.3 Å². The molecule has 0 amide bonds. The Balaban J connectivity index is 1.82. The first-order valence-corrected chi connectivity index (χ1v) is 15.0. The maximum Gasteiger partial charge on any atom is 0.303 e. The third-order valence-electron chi connectivity index (χ3n) is 7.82. The summed E-state index contributed by atoms with van der Waals surface area (Å²) >= 11 is 6.03. The minimum absolute atomic E-state index is 0.0782. The minimum Gasteiger partial charge on any atom is -0.463 e. The average molecular weight is 645 g/mol. The summed E-state index contributed by atoms with van der Waals surface area (Å²) < 4.78 is 30.4. The third kappa shape index (κ3) is 6.29. The Morgan fingerprint density at radius 1 is 0.891 bits per heavy atom. The molecule has 2 aliphatic rings. The van der Waals surface area contributed by atoms with Gasteiger partial charge in [0.2, 0.25) is 0 Å². The molecule has 0 N–H and O–H groups in total. The van der Waals surface area contributed by atoms with E-state index in [1.807, 2.05) is 55.5 Å². The maximum atomic E-state index is 12.6. The van der Waals surface area contributed by atoms with Crippen LogP contribution >= 0.6 is 12.2 Å². The predicted molar refractivity (Wildman–Crippen MR) is 166 cm³/mol. The molecule has 46 heavy (non-hydrogen) atoms. The molecule has 1 fully saturated rings. The number of carbonyl (C=O) groups is 4. The van der Waals surface area contributed by atoms with Crippen LogP contribution < -0.4 is 0 Å². The lowest BCUT2D eigenvalue weighted by atomic mass is 9.92. The van der Waals surface area contributed by atoms with Gasteiger partial charge >= 0.3 is 23.9 Å². The predicted octanol–water partition coefficient (Wildman–Crippen LogP) is 4.89. The van der Waals surface area contributed by atoms with E-state index in [0.29, 0.717) is 17.7 Å². The van der Waals surface area contributed by atoms with Crippen LogP contribution in [0.1, 0.15) is 56.2 Å². The van der Waals surface area contributed by atoms with Crippen LogP contribution in [0.25, 0.3) is 22.4 Å². The molecule has 0 saturated carbocycles. The number of esters is 4. The van der Waals surface area contributed by atoms with Gasteiger partial charge in [-0.2, -0.15) is 5.26 Å². The molecule has 0 radical (unpaired) electrons. The van der Waals surface area contributed by atoms with E-state index in [-0.39, 0.29) is 10.2 Å². The normalized spacial score (nSPS) is 21.3. The van der Waals surface area contributed by atoms with Crippen molar-refractivity contribution in [1.82, 2.24) is 4.57 Å². The summed E-state index contributed by atoms with van der Waals surface area (Å²) in [5.41, 5.74) is 5.90. The lowest BCUT2D eigenvalue weighted by molar-refractivity contribution is -0.268. The topological polar surface area (TPSA) is 143 Å². The van der Waals surface area contributed by atoms with Gasteiger partial charge in [-0.25, -0.2) is 0 Å². The zero-order chi connectivity index (χ0) is 33.3. The van der Waals surface area contributed by atoms with Gasteiger partial charge in [-0.3, -0.25) is 19.2 Å².